The maximum Gasteiger partial charge on any atom is 0.130 e. The molecule has 0 aliphatic rings. The molecule has 5 nitrogen and oxygen atoms in total. The Hall–Kier alpha value is -2.56. The minimum Gasteiger partial charge on any atom is -0.487 e. The van der Waals surface area contributed by atoms with Crippen LogP contribution < -0.4 is 4.74 Å². The summed E-state index contributed by atoms with van der Waals surface area (Å²) in [7, 11) is 0. The van der Waals surface area contributed by atoms with Crippen molar-refractivity contribution in [1.82, 2.24) is 19.5 Å². The fraction of sp³-hybridized carbons (Fsp3) is 0.250. The first-order valence-corrected chi connectivity index (χ1v) is 6.96. The molecule has 1 aromatic carbocycles. The molecule has 0 atom stereocenters. The van der Waals surface area contributed by atoms with Crippen LogP contribution in [0.25, 0.3) is 11.3 Å². The van der Waals surface area contributed by atoms with Crippen molar-refractivity contribution in [2.75, 3.05) is 0 Å². The topological polar surface area (TPSA) is 55.7 Å². The number of benzene rings is 1. The molecule has 0 aliphatic heterocycles. The average molecular weight is 282 g/mol. The van der Waals surface area contributed by atoms with Crippen molar-refractivity contribution < 1.29 is 4.74 Å². The van der Waals surface area contributed by atoms with Crippen LogP contribution in [0.2, 0.25) is 0 Å². The third kappa shape index (κ3) is 2.97. The van der Waals surface area contributed by atoms with Gasteiger partial charge in [0.2, 0.25) is 0 Å². The van der Waals surface area contributed by atoms with Gasteiger partial charge in [-0.2, -0.15) is 0 Å². The molecule has 108 valence electrons. The van der Waals surface area contributed by atoms with Crippen LogP contribution in [0.3, 0.4) is 0 Å². The molecule has 0 saturated carbocycles. The van der Waals surface area contributed by atoms with Crippen LogP contribution in [-0.4, -0.2) is 19.5 Å². The van der Waals surface area contributed by atoms with E-state index in [0.717, 1.165) is 22.7 Å². The lowest BCUT2D eigenvalue weighted by molar-refractivity contribution is 0.292. The second kappa shape index (κ2) is 5.83. The zero-order chi connectivity index (χ0) is 14.7. The van der Waals surface area contributed by atoms with Gasteiger partial charge in [0.1, 0.15) is 12.4 Å². The normalized spacial score (nSPS) is 11.0. The standard InChI is InChI=1S/C16H18N4O/c1-12(2)20-11-18-7-14(20)9-21-15-5-3-13(4-6-15)16-8-17-10-19-16/h3-8,10-12H,9H2,1-2H3,(H,17,19). The lowest BCUT2D eigenvalue weighted by Crippen LogP contribution is -2.07. The van der Waals surface area contributed by atoms with Crippen LogP contribution in [0.5, 0.6) is 5.75 Å². The van der Waals surface area contributed by atoms with Crippen molar-refractivity contribution in [3.63, 3.8) is 0 Å². The summed E-state index contributed by atoms with van der Waals surface area (Å²) < 4.78 is 7.94. The molecule has 0 bridgehead atoms. The highest BCUT2D eigenvalue weighted by Crippen LogP contribution is 2.21. The Morgan fingerprint density at radius 1 is 1.14 bits per heavy atom. The average Bonchev–Trinajstić information content (AvgIpc) is 3.17. The molecule has 1 N–H and O–H groups in total. The summed E-state index contributed by atoms with van der Waals surface area (Å²) in [5.74, 6) is 0.842. The van der Waals surface area contributed by atoms with E-state index in [2.05, 4.69) is 33.4 Å². The third-order valence-corrected chi connectivity index (χ3v) is 3.35. The summed E-state index contributed by atoms with van der Waals surface area (Å²) in [5.41, 5.74) is 3.16. The van der Waals surface area contributed by atoms with Crippen LogP contribution in [0.15, 0.2) is 49.3 Å². The maximum absolute atomic E-state index is 5.83. The molecule has 2 heterocycles. The van der Waals surface area contributed by atoms with Crippen LogP contribution in [0, 0.1) is 0 Å². The van der Waals surface area contributed by atoms with E-state index >= 15 is 0 Å². The lowest BCUT2D eigenvalue weighted by atomic mass is 10.2. The number of aromatic amines is 1. The molecule has 0 aliphatic carbocycles. The van der Waals surface area contributed by atoms with E-state index in [1.807, 2.05) is 36.8 Å². The summed E-state index contributed by atoms with van der Waals surface area (Å²) in [6.07, 6.45) is 7.16. The summed E-state index contributed by atoms with van der Waals surface area (Å²) in [5, 5.41) is 0. The van der Waals surface area contributed by atoms with Crippen molar-refractivity contribution in [2.45, 2.75) is 26.5 Å². The molecule has 2 aromatic heterocycles. The van der Waals surface area contributed by atoms with E-state index < -0.39 is 0 Å². The van der Waals surface area contributed by atoms with Gasteiger partial charge in [0, 0.05) is 6.04 Å². The van der Waals surface area contributed by atoms with Gasteiger partial charge in [-0.15, -0.1) is 0 Å². The van der Waals surface area contributed by atoms with Gasteiger partial charge in [0.25, 0.3) is 0 Å². The number of hydrogen-bond acceptors (Lipinski definition) is 3. The minimum atomic E-state index is 0.383. The highest BCUT2D eigenvalue weighted by Gasteiger charge is 2.06. The van der Waals surface area contributed by atoms with Crippen molar-refractivity contribution >= 4 is 0 Å². The van der Waals surface area contributed by atoms with Gasteiger partial charge in [-0.3, -0.25) is 0 Å². The molecule has 0 unspecified atom stereocenters. The molecule has 0 saturated heterocycles. The highest BCUT2D eigenvalue weighted by atomic mass is 16.5. The van der Waals surface area contributed by atoms with Gasteiger partial charge >= 0.3 is 0 Å². The number of aromatic nitrogens is 4. The van der Waals surface area contributed by atoms with E-state index in [1.165, 1.54) is 0 Å². The molecule has 0 amide bonds. The largest absolute Gasteiger partial charge is 0.487 e. The molecule has 3 aromatic rings. The van der Waals surface area contributed by atoms with Crippen LogP contribution in [0.4, 0.5) is 0 Å². The first-order valence-electron chi connectivity index (χ1n) is 6.96. The molecular weight excluding hydrogens is 264 g/mol. The van der Waals surface area contributed by atoms with E-state index in [1.54, 1.807) is 12.5 Å². The Morgan fingerprint density at radius 2 is 1.95 bits per heavy atom. The van der Waals surface area contributed by atoms with Crippen molar-refractivity contribution in [3.8, 4) is 17.0 Å². The summed E-state index contributed by atoms with van der Waals surface area (Å²) >= 11 is 0. The van der Waals surface area contributed by atoms with E-state index in [-0.39, 0.29) is 0 Å². The van der Waals surface area contributed by atoms with Gasteiger partial charge in [-0.1, -0.05) is 0 Å². The van der Waals surface area contributed by atoms with Gasteiger partial charge < -0.3 is 14.3 Å². The number of hydrogen-bond donors (Lipinski definition) is 1. The van der Waals surface area contributed by atoms with Gasteiger partial charge in [-0.25, -0.2) is 9.97 Å². The number of rotatable bonds is 5. The Kier molecular flexibility index (Phi) is 3.73. The number of ether oxygens (including phenoxy) is 1. The predicted octanol–water partition coefficient (Wildman–Crippen LogP) is 3.43. The Bertz CT molecular complexity index is 683. The fourth-order valence-electron chi connectivity index (χ4n) is 2.21. The summed E-state index contributed by atoms with van der Waals surface area (Å²) in [6, 6.07) is 8.35. The Morgan fingerprint density at radius 3 is 2.62 bits per heavy atom. The number of nitrogens with one attached hydrogen (secondary N) is 1. The lowest BCUT2D eigenvalue weighted by Gasteiger charge is -2.12. The molecule has 3 rings (SSSR count). The zero-order valence-electron chi connectivity index (χ0n) is 12.2. The Labute approximate surface area is 123 Å². The molecule has 0 radical (unpaired) electrons. The van der Waals surface area contributed by atoms with Crippen molar-refractivity contribution in [3.05, 3.63) is 55.0 Å². The summed E-state index contributed by atoms with van der Waals surface area (Å²) in [6.45, 7) is 4.77. The SMILES string of the molecule is CC(C)n1cncc1COc1ccc(-c2cnc[nH]2)cc1. The van der Waals surface area contributed by atoms with Crippen LogP contribution in [0.1, 0.15) is 25.6 Å². The monoisotopic (exact) mass is 282 g/mol. The second-order valence-electron chi connectivity index (χ2n) is 5.16. The molecular formula is C16H18N4O. The molecule has 21 heavy (non-hydrogen) atoms. The third-order valence-electron chi connectivity index (χ3n) is 3.35. The first kappa shape index (κ1) is 13.4. The fourth-order valence-corrected chi connectivity index (χ4v) is 2.21. The number of imidazole rings is 2. The van der Waals surface area contributed by atoms with Crippen molar-refractivity contribution in [2.24, 2.45) is 0 Å². The maximum atomic E-state index is 5.83. The van der Waals surface area contributed by atoms with Crippen LogP contribution in [-0.2, 0) is 6.61 Å². The smallest absolute Gasteiger partial charge is 0.130 e. The number of H-pyrrole nitrogens is 1. The molecule has 5 heteroatoms. The van der Waals surface area contributed by atoms with Crippen molar-refractivity contribution in [1.29, 1.82) is 0 Å². The van der Waals surface area contributed by atoms with E-state index in [9.17, 15) is 0 Å². The highest BCUT2D eigenvalue weighted by molar-refractivity contribution is 5.58. The van der Waals surface area contributed by atoms with Crippen LogP contribution >= 0.6 is 0 Å². The molecule has 0 fully saturated rings. The number of nitrogens with zero attached hydrogens (tertiary/aromatic N) is 3. The first-order chi connectivity index (χ1) is 10.2. The Balaban J connectivity index is 1.67. The minimum absolute atomic E-state index is 0.383. The van der Waals surface area contributed by atoms with E-state index in [0.29, 0.717) is 12.6 Å². The summed E-state index contributed by atoms with van der Waals surface area (Å²) in [4.78, 5) is 11.3. The van der Waals surface area contributed by atoms with Gasteiger partial charge in [0.05, 0.1) is 36.4 Å². The van der Waals surface area contributed by atoms with E-state index in [4.69, 9.17) is 4.74 Å². The quantitative estimate of drug-likeness (QED) is 0.780. The second-order valence-corrected chi connectivity index (χ2v) is 5.16. The van der Waals surface area contributed by atoms with Gasteiger partial charge in [-0.05, 0) is 43.7 Å². The predicted molar refractivity (Wildman–Crippen MR) is 81.0 cm³/mol. The van der Waals surface area contributed by atoms with Gasteiger partial charge in [0.15, 0.2) is 0 Å². The zero-order valence-corrected chi connectivity index (χ0v) is 12.2. The molecule has 0 spiro atoms.